The number of rotatable bonds is 6. The van der Waals surface area contributed by atoms with Crippen molar-refractivity contribution in [3.05, 3.63) is 27.8 Å². The molecule has 5 nitrogen and oxygen atoms in total. The monoisotopic (exact) mass is 252 g/mol. The number of thiophene rings is 1. The molecule has 17 heavy (non-hydrogen) atoms. The predicted octanol–water partition coefficient (Wildman–Crippen LogP) is 1.81. The molecule has 0 spiro atoms. The van der Waals surface area contributed by atoms with Gasteiger partial charge in [0.2, 0.25) is 5.89 Å². The maximum Gasteiger partial charge on any atom is 0.315 e. The number of nitrogens with two attached hydrogens (primary N) is 1. The van der Waals surface area contributed by atoms with Gasteiger partial charge in [0.1, 0.15) is 0 Å². The van der Waals surface area contributed by atoms with Crippen LogP contribution in [0.4, 0.5) is 6.01 Å². The minimum absolute atomic E-state index is 0.458. The van der Waals surface area contributed by atoms with Crippen LogP contribution in [0, 0.1) is 0 Å². The lowest BCUT2D eigenvalue weighted by Gasteiger charge is -1.97. The van der Waals surface area contributed by atoms with Gasteiger partial charge in [-0.1, -0.05) is 12.0 Å². The third-order valence-electron chi connectivity index (χ3n) is 2.30. The Labute approximate surface area is 104 Å². The van der Waals surface area contributed by atoms with Crippen molar-refractivity contribution in [1.82, 2.24) is 10.2 Å². The molecule has 0 aliphatic carbocycles. The minimum atomic E-state index is 0.458. The summed E-state index contributed by atoms with van der Waals surface area (Å²) in [5.41, 5.74) is 5.41. The Hall–Kier alpha value is -1.40. The highest BCUT2D eigenvalue weighted by Gasteiger charge is 2.05. The van der Waals surface area contributed by atoms with Gasteiger partial charge in [-0.25, -0.2) is 0 Å². The first-order valence-corrected chi connectivity index (χ1v) is 6.47. The molecule has 6 heteroatoms. The molecule has 0 saturated carbocycles. The molecule has 0 aliphatic rings. The van der Waals surface area contributed by atoms with Gasteiger partial charge in [0.25, 0.3) is 0 Å². The molecule has 0 bridgehead atoms. The van der Waals surface area contributed by atoms with E-state index in [0.29, 0.717) is 24.9 Å². The Morgan fingerprint density at radius 2 is 2.18 bits per heavy atom. The molecule has 2 heterocycles. The first-order valence-electron chi connectivity index (χ1n) is 5.65. The van der Waals surface area contributed by atoms with Crippen LogP contribution in [0.5, 0.6) is 0 Å². The van der Waals surface area contributed by atoms with E-state index in [1.165, 1.54) is 9.75 Å². The molecule has 92 valence electrons. The van der Waals surface area contributed by atoms with Crippen molar-refractivity contribution in [3.8, 4) is 0 Å². The molecule has 0 aromatic carbocycles. The van der Waals surface area contributed by atoms with Crippen molar-refractivity contribution in [2.24, 2.45) is 5.73 Å². The Bertz CT molecular complexity index is 465. The van der Waals surface area contributed by atoms with Crippen molar-refractivity contribution in [1.29, 1.82) is 0 Å². The molecule has 0 fully saturated rings. The maximum atomic E-state index is 5.41. The van der Waals surface area contributed by atoms with Crippen LogP contribution in [0.3, 0.4) is 0 Å². The van der Waals surface area contributed by atoms with Gasteiger partial charge in [-0.15, -0.1) is 16.4 Å². The molecule has 3 N–H and O–H groups in total. The largest absolute Gasteiger partial charge is 0.408 e. The average molecular weight is 252 g/mol. The van der Waals surface area contributed by atoms with E-state index in [2.05, 4.69) is 34.6 Å². The first-order chi connectivity index (χ1) is 8.31. The molecule has 0 unspecified atom stereocenters. The number of hydrogen-bond acceptors (Lipinski definition) is 6. The second-order valence-corrected chi connectivity index (χ2v) is 4.87. The molecule has 0 saturated heterocycles. The van der Waals surface area contributed by atoms with Crippen LogP contribution >= 0.6 is 11.3 Å². The fraction of sp³-hybridized carbons (Fsp3) is 0.455. The van der Waals surface area contributed by atoms with Crippen molar-refractivity contribution < 1.29 is 4.42 Å². The van der Waals surface area contributed by atoms with Gasteiger partial charge in [0.05, 0.1) is 6.54 Å². The molecule has 0 atom stereocenters. The zero-order chi connectivity index (χ0) is 12.1. The van der Waals surface area contributed by atoms with Crippen molar-refractivity contribution in [2.75, 3.05) is 11.9 Å². The van der Waals surface area contributed by atoms with E-state index in [-0.39, 0.29) is 0 Å². The van der Waals surface area contributed by atoms with Crippen LogP contribution in [0.15, 0.2) is 16.5 Å². The van der Waals surface area contributed by atoms with Gasteiger partial charge in [-0.2, -0.15) is 0 Å². The number of aryl methyl sites for hydroxylation is 1. The molecule has 0 radical (unpaired) electrons. The Kier molecular flexibility index (Phi) is 4.11. The Morgan fingerprint density at radius 3 is 2.88 bits per heavy atom. The minimum Gasteiger partial charge on any atom is -0.408 e. The smallest absolute Gasteiger partial charge is 0.315 e. The van der Waals surface area contributed by atoms with Crippen LogP contribution in [0.2, 0.25) is 0 Å². The number of anilines is 1. The number of aromatic nitrogens is 2. The number of nitrogens with zero attached hydrogens (tertiary/aromatic N) is 2. The zero-order valence-corrected chi connectivity index (χ0v) is 10.6. The summed E-state index contributed by atoms with van der Waals surface area (Å²) >= 11 is 1.80. The lowest BCUT2D eigenvalue weighted by Crippen LogP contribution is -2.02. The summed E-state index contributed by atoms with van der Waals surface area (Å²) in [5, 5.41) is 10.9. The second kappa shape index (κ2) is 5.79. The maximum absolute atomic E-state index is 5.41. The topological polar surface area (TPSA) is 77.0 Å². The number of hydrogen-bond donors (Lipinski definition) is 2. The normalized spacial score (nSPS) is 10.7. The predicted molar refractivity (Wildman–Crippen MR) is 68.1 cm³/mol. The van der Waals surface area contributed by atoms with E-state index in [0.717, 1.165) is 13.0 Å². The van der Waals surface area contributed by atoms with E-state index in [1.54, 1.807) is 11.3 Å². The highest BCUT2D eigenvalue weighted by Crippen LogP contribution is 2.18. The standard InChI is InChI=1S/C11H16N4OS/c1-2-8-3-4-9(17-8)7-13-11-15-14-10(16-11)5-6-12/h3-4H,2,5-7,12H2,1H3,(H,13,15). The van der Waals surface area contributed by atoms with Gasteiger partial charge in [0.15, 0.2) is 0 Å². The summed E-state index contributed by atoms with van der Waals surface area (Å²) in [4.78, 5) is 2.65. The highest BCUT2D eigenvalue weighted by atomic mass is 32.1. The van der Waals surface area contributed by atoms with Gasteiger partial charge >= 0.3 is 6.01 Å². The molecular weight excluding hydrogens is 236 g/mol. The lowest BCUT2D eigenvalue weighted by atomic mass is 10.4. The fourth-order valence-corrected chi connectivity index (χ4v) is 2.32. The summed E-state index contributed by atoms with van der Waals surface area (Å²) < 4.78 is 5.37. The summed E-state index contributed by atoms with van der Waals surface area (Å²) in [5.74, 6) is 0.579. The summed E-state index contributed by atoms with van der Waals surface area (Å²) in [6, 6.07) is 4.73. The van der Waals surface area contributed by atoms with Crippen molar-refractivity contribution in [3.63, 3.8) is 0 Å². The van der Waals surface area contributed by atoms with Crippen LogP contribution < -0.4 is 11.1 Å². The van der Waals surface area contributed by atoms with Crippen LogP contribution in [0.1, 0.15) is 22.6 Å². The Balaban J connectivity index is 1.88. The fourth-order valence-electron chi connectivity index (χ4n) is 1.42. The van der Waals surface area contributed by atoms with E-state index in [9.17, 15) is 0 Å². The number of nitrogens with one attached hydrogen (secondary N) is 1. The van der Waals surface area contributed by atoms with Crippen LogP contribution in [0.25, 0.3) is 0 Å². The van der Waals surface area contributed by atoms with E-state index >= 15 is 0 Å². The zero-order valence-electron chi connectivity index (χ0n) is 9.77. The molecule has 2 aromatic heterocycles. The van der Waals surface area contributed by atoms with Crippen LogP contribution in [-0.2, 0) is 19.4 Å². The van der Waals surface area contributed by atoms with Gasteiger partial charge in [-0.05, 0) is 18.6 Å². The van der Waals surface area contributed by atoms with Crippen molar-refractivity contribution in [2.45, 2.75) is 26.3 Å². The van der Waals surface area contributed by atoms with Crippen LogP contribution in [-0.4, -0.2) is 16.7 Å². The second-order valence-electron chi connectivity index (χ2n) is 3.61. The molecule has 0 amide bonds. The quantitative estimate of drug-likeness (QED) is 0.820. The average Bonchev–Trinajstić information content (AvgIpc) is 2.95. The highest BCUT2D eigenvalue weighted by molar-refractivity contribution is 7.12. The van der Waals surface area contributed by atoms with Gasteiger partial charge in [-0.3, -0.25) is 0 Å². The van der Waals surface area contributed by atoms with E-state index in [1.807, 2.05) is 0 Å². The summed E-state index contributed by atoms with van der Waals surface area (Å²) in [6.45, 7) is 3.39. The third kappa shape index (κ3) is 3.28. The molecule has 0 aliphatic heterocycles. The molecular formula is C11H16N4OS. The van der Waals surface area contributed by atoms with Crippen molar-refractivity contribution >= 4 is 17.4 Å². The first kappa shape index (κ1) is 12.1. The molecule has 2 rings (SSSR count). The lowest BCUT2D eigenvalue weighted by molar-refractivity contribution is 0.506. The Morgan fingerprint density at radius 1 is 1.35 bits per heavy atom. The summed E-state index contributed by atoms with van der Waals surface area (Å²) in [6.07, 6.45) is 1.69. The van der Waals surface area contributed by atoms with E-state index in [4.69, 9.17) is 10.2 Å². The van der Waals surface area contributed by atoms with Gasteiger partial charge in [0, 0.05) is 22.7 Å². The summed E-state index contributed by atoms with van der Waals surface area (Å²) in [7, 11) is 0. The van der Waals surface area contributed by atoms with Gasteiger partial charge < -0.3 is 15.5 Å². The SMILES string of the molecule is CCc1ccc(CNc2nnc(CCN)o2)s1. The molecule has 2 aromatic rings. The van der Waals surface area contributed by atoms with E-state index < -0.39 is 0 Å². The third-order valence-corrected chi connectivity index (χ3v) is 3.53.